The summed E-state index contributed by atoms with van der Waals surface area (Å²) in [5, 5.41) is 10.6. The number of ether oxygens (including phenoxy) is 4. The van der Waals surface area contributed by atoms with Gasteiger partial charge in [0.05, 0.1) is 26.4 Å². The number of carbonyl (C=O) groups is 4. The highest BCUT2D eigenvalue weighted by molar-refractivity contribution is 7.47. The van der Waals surface area contributed by atoms with Gasteiger partial charge in [0.2, 0.25) is 0 Å². The average molecular weight is 1470 g/mol. The first kappa shape index (κ1) is 98.1. The Balaban J connectivity index is 5.21. The molecule has 0 aliphatic carbocycles. The van der Waals surface area contributed by atoms with Crippen molar-refractivity contribution in [3.05, 3.63) is 0 Å². The number of phosphoric ester groups is 2. The van der Waals surface area contributed by atoms with Crippen LogP contribution in [0.3, 0.4) is 0 Å². The molecule has 0 radical (unpaired) electrons. The fraction of sp³-hybridized carbons (Fsp3) is 0.951. The highest BCUT2D eigenvalue weighted by Gasteiger charge is 2.30. The van der Waals surface area contributed by atoms with Crippen molar-refractivity contribution in [1.29, 1.82) is 0 Å². The lowest BCUT2D eigenvalue weighted by Crippen LogP contribution is -2.30. The van der Waals surface area contributed by atoms with Crippen molar-refractivity contribution in [1.82, 2.24) is 0 Å². The van der Waals surface area contributed by atoms with Crippen LogP contribution in [-0.2, 0) is 65.4 Å². The summed E-state index contributed by atoms with van der Waals surface area (Å²) in [7, 11) is -9.92. The van der Waals surface area contributed by atoms with Crippen LogP contribution in [0.15, 0.2) is 0 Å². The molecular weight excluding hydrogens is 1310 g/mol. The number of aliphatic hydroxyl groups is 1. The molecule has 17 nitrogen and oxygen atoms in total. The van der Waals surface area contributed by atoms with Gasteiger partial charge in [-0.15, -0.1) is 0 Å². The second kappa shape index (κ2) is 71.3. The summed E-state index contributed by atoms with van der Waals surface area (Å²) in [4.78, 5) is 72.9. The van der Waals surface area contributed by atoms with E-state index in [2.05, 4.69) is 48.5 Å². The van der Waals surface area contributed by atoms with Gasteiger partial charge >= 0.3 is 39.5 Å². The Hall–Kier alpha value is -1.94. The van der Waals surface area contributed by atoms with Crippen LogP contribution in [0.1, 0.15) is 421 Å². The summed E-state index contributed by atoms with van der Waals surface area (Å²) in [6, 6.07) is 0. The van der Waals surface area contributed by atoms with Crippen LogP contribution in [0.25, 0.3) is 0 Å². The summed E-state index contributed by atoms with van der Waals surface area (Å²) >= 11 is 0. The normalized spacial score (nSPS) is 14.2. The maximum atomic E-state index is 13.1. The Morgan fingerprint density at radius 2 is 0.510 bits per heavy atom. The lowest BCUT2D eigenvalue weighted by molar-refractivity contribution is -0.161. The molecule has 0 heterocycles. The Morgan fingerprint density at radius 3 is 0.760 bits per heavy atom. The van der Waals surface area contributed by atoms with E-state index in [1.807, 2.05) is 0 Å². The molecule has 0 aromatic rings. The van der Waals surface area contributed by atoms with Crippen molar-refractivity contribution < 1.29 is 80.2 Å². The van der Waals surface area contributed by atoms with Crippen LogP contribution >= 0.6 is 15.6 Å². The summed E-state index contributed by atoms with van der Waals surface area (Å²) in [5.41, 5.74) is 0. The standard InChI is InChI=1S/C81H158O17P2/c1-8-10-11-12-13-14-15-16-17-18-19-20-21-22-23-28-31-34-42-50-57-64-80(85)97-76(68-91-78(83)62-55-48-41-33-30-27-25-24-26-29-32-40-47-54-61-74(7)9-2)70-95-99(87,88)93-66-75(82)67-94-100(89,90)96-71-77(69-92-79(84)63-56-49-44-37-39-46-53-60-73(5)6)98-81(86)65-58-51-43-36-35-38-45-52-59-72(3)4/h72-77,82H,8-71H2,1-7H3,(H,87,88)(H,89,90)/t74?,75-,76-,77-/m1/s1. The molecule has 0 bridgehead atoms. The third kappa shape index (κ3) is 73.0. The average Bonchev–Trinajstić information content (AvgIpc) is 0.914. The second-order valence-electron chi connectivity index (χ2n) is 30.4. The number of esters is 4. The zero-order valence-corrected chi connectivity index (χ0v) is 67.5. The monoisotopic (exact) mass is 1470 g/mol. The minimum absolute atomic E-state index is 0.104. The quantitative estimate of drug-likeness (QED) is 0.0222. The van der Waals surface area contributed by atoms with Gasteiger partial charge in [0.25, 0.3) is 0 Å². The number of phosphoric acid groups is 2. The first-order valence-electron chi connectivity index (χ1n) is 41.9. The van der Waals surface area contributed by atoms with E-state index in [-0.39, 0.29) is 25.7 Å². The fourth-order valence-electron chi connectivity index (χ4n) is 12.5. The van der Waals surface area contributed by atoms with Gasteiger partial charge in [-0.25, -0.2) is 9.13 Å². The van der Waals surface area contributed by atoms with Crippen molar-refractivity contribution in [3.8, 4) is 0 Å². The molecule has 0 aromatic heterocycles. The number of rotatable bonds is 79. The fourth-order valence-corrected chi connectivity index (χ4v) is 14.0. The molecule has 0 amide bonds. The maximum Gasteiger partial charge on any atom is 0.472 e. The van der Waals surface area contributed by atoms with E-state index < -0.39 is 97.5 Å². The molecule has 19 heteroatoms. The van der Waals surface area contributed by atoms with Gasteiger partial charge in [-0.2, -0.15) is 0 Å². The van der Waals surface area contributed by atoms with Crippen molar-refractivity contribution >= 4 is 39.5 Å². The Labute approximate surface area is 613 Å². The van der Waals surface area contributed by atoms with Crippen LogP contribution in [0, 0.1) is 17.8 Å². The van der Waals surface area contributed by atoms with Crippen LogP contribution in [0.4, 0.5) is 0 Å². The summed E-state index contributed by atoms with van der Waals surface area (Å²) in [6.07, 6.45) is 59.9. The van der Waals surface area contributed by atoms with Crippen LogP contribution in [0.2, 0.25) is 0 Å². The lowest BCUT2D eigenvalue weighted by atomic mass is 9.99. The van der Waals surface area contributed by atoms with Crippen molar-refractivity contribution in [2.45, 2.75) is 439 Å². The van der Waals surface area contributed by atoms with Gasteiger partial charge in [0.15, 0.2) is 12.2 Å². The molecule has 0 aromatic carbocycles. The first-order chi connectivity index (χ1) is 48.3. The smallest absolute Gasteiger partial charge is 0.462 e. The molecule has 3 N–H and O–H groups in total. The molecular formula is C81H158O17P2. The number of aliphatic hydroxyl groups excluding tert-OH is 1. The summed E-state index contributed by atoms with van der Waals surface area (Å²) < 4.78 is 68.6. The van der Waals surface area contributed by atoms with E-state index in [1.54, 1.807) is 0 Å². The molecule has 0 spiro atoms. The van der Waals surface area contributed by atoms with E-state index in [1.165, 1.54) is 225 Å². The van der Waals surface area contributed by atoms with E-state index in [4.69, 9.17) is 37.0 Å². The molecule has 100 heavy (non-hydrogen) atoms. The Bertz CT molecular complexity index is 1940. The molecule has 0 rings (SSSR count). The molecule has 0 aliphatic heterocycles. The predicted molar refractivity (Wildman–Crippen MR) is 409 cm³/mol. The number of hydrogen-bond donors (Lipinski definition) is 3. The minimum Gasteiger partial charge on any atom is -0.462 e. The van der Waals surface area contributed by atoms with Crippen LogP contribution in [-0.4, -0.2) is 96.7 Å². The van der Waals surface area contributed by atoms with Crippen molar-refractivity contribution in [2.75, 3.05) is 39.6 Å². The first-order valence-corrected chi connectivity index (χ1v) is 44.9. The van der Waals surface area contributed by atoms with Gasteiger partial charge in [-0.1, -0.05) is 370 Å². The van der Waals surface area contributed by atoms with Gasteiger partial charge < -0.3 is 33.8 Å². The third-order valence-electron chi connectivity index (χ3n) is 19.2. The largest absolute Gasteiger partial charge is 0.472 e. The highest BCUT2D eigenvalue weighted by Crippen LogP contribution is 2.45. The van der Waals surface area contributed by atoms with Gasteiger partial charge in [0, 0.05) is 25.7 Å². The van der Waals surface area contributed by atoms with E-state index in [9.17, 15) is 43.2 Å². The summed E-state index contributed by atoms with van der Waals surface area (Å²) in [5.74, 6) is 0.158. The molecule has 6 atom stereocenters. The zero-order valence-electron chi connectivity index (χ0n) is 65.7. The van der Waals surface area contributed by atoms with Gasteiger partial charge in [-0.05, 0) is 43.4 Å². The third-order valence-corrected chi connectivity index (χ3v) is 21.1. The summed E-state index contributed by atoms with van der Waals surface area (Å²) in [6.45, 7) is 11.9. The molecule has 3 unspecified atom stereocenters. The Morgan fingerprint density at radius 1 is 0.290 bits per heavy atom. The van der Waals surface area contributed by atoms with Gasteiger partial charge in [0.1, 0.15) is 19.3 Å². The number of carbonyl (C=O) groups excluding carboxylic acids is 4. The highest BCUT2D eigenvalue weighted by atomic mass is 31.2. The lowest BCUT2D eigenvalue weighted by Gasteiger charge is -2.21. The van der Waals surface area contributed by atoms with Gasteiger partial charge in [-0.3, -0.25) is 37.3 Å². The topological polar surface area (TPSA) is 237 Å². The van der Waals surface area contributed by atoms with E-state index >= 15 is 0 Å². The maximum absolute atomic E-state index is 13.1. The van der Waals surface area contributed by atoms with Crippen LogP contribution < -0.4 is 0 Å². The zero-order chi connectivity index (χ0) is 73.7. The molecule has 0 saturated carbocycles. The Kier molecular flexibility index (Phi) is 69.9. The number of unbranched alkanes of at least 4 members (excludes halogenated alkanes) is 46. The van der Waals surface area contributed by atoms with Crippen molar-refractivity contribution in [3.63, 3.8) is 0 Å². The van der Waals surface area contributed by atoms with Crippen LogP contribution in [0.5, 0.6) is 0 Å². The molecule has 594 valence electrons. The second-order valence-corrected chi connectivity index (χ2v) is 33.3. The molecule has 0 aliphatic rings. The molecule has 0 saturated heterocycles. The SMILES string of the molecule is CCCCCCCCCCCCCCCCCCCCCCCC(=O)O[C@H](COC(=O)CCCCCCCCCCCCCCCCC(C)CC)COP(=O)(O)OC[C@@H](O)COP(=O)(O)OC[C@@H](COC(=O)CCCCCCCCCC(C)C)OC(=O)CCCCCCCCCCC(C)C. The number of hydrogen-bond acceptors (Lipinski definition) is 15. The minimum atomic E-state index is -4.96. The van der Waals surface area contributed by atoms with E-state index in [0.29, 0.717) is 31.6 Å². The van der Waals surface area contributed by atoms with E-state index in [0.717, 1.165) is 108 Å². The molecule has 0 fully saturated rings. The van der Waals surface area contributed by atoms with Crippen molar-refractivity contribution in [2.24, 2.45) is 17.8 Å². The predicted octanol–water partition coefficient (Wildman–Crippen LogP) is 24.1.